The van der Waals surface area contributed by atoms with Crippen molar-refractivity contribution in [2.24, 2.45) is 21.7 Å². The summed E-state index contributed by atoms with van der Waals surface area (Å²) in [6.07, 6.45) is 2.20. The molecular formula is C50H76N14O18S. The van der Waals surface area contributed by atoms with Crippen LogP contribution in [0.5, 0.6) is 0 Å². The number of hydrogen-bond donors (Lipinski definition) is 11. The van der Waals surface area contributed by atoms with Crippen LogP contribution < -0.4 is 48.1 Å². The van der Waals surface area contributed by atoms with E-state index in [0.29, 0.717) is 54.9 Å². The molecule has 1 aromatic heterocycles. The Kier molecular flexibility index (Phi) is 30.0. The predicted molar refractivity (Wildman–Crippen MR) is 292 cm³/mol. The highest BCUT2D eigenvalue weighted by Crippen LogP contribution is 2.52. The lowest BCUT2D eigenvalue weighted by Crippen LogP contribution is -2.45. The van der Waals surface area contributed by atoms with E-state index in [-0.39, 0.29) is 103 Å². The number of benzene rings is 1. The van der Waals surface area contributed by atoms with Gasteiger partial charge >= 0.3 is 11.9 Å². The zero-order valence-corrected chi connectivity index (χ0v) is 47.4. The number of nitrogen functional groups attached to an aromatic ring is 1. The van der Waals surface area contributed by atoms with Crippen LogP contribution in [0.15, 0.2) is 41.1 Å². The van der Waals surface area contributed by atoms with E-state index in [0.717, 1.165) is 0 Å². The fourth-order valence-electron chi connectivity index (χ4n) is 8.20. The van der Waals surface area contributed by atoms with Crippen LogP contribution in [-0.2, 0) is 78.5 Å². The molecule has 460 valence electrons. The number of aromatic amines is 1. The molecular weight excluding hydrogens is 1120 g/mol. The largest absolute Gasteiger partial charge is 0.480 e. The number of ether oxygens (including phenoxy) is 4. The van der Waals surface area contributed by atoms with Gasteiger partial charge in [0.05, 0.1) is 45.4 Å². The smallest absolute Gasteiger partial charge is 0.326 e. The van der Waals surface area contributed by atoms with Gasteiger partial charge in [-0.15, -0.1) is 15.1 Å². The fraction of sp³-hybridized carbons (Fsp3) is 0.620. The number of H-pyrrole nitrogens is 1. The maximum atomic E-state index is 12.7. The highest BCUT2D eigenvalue weighted by Gasteiger charge is 2.47. The van der Waals surface area contributed by atoms with E-state index < -0.39 is 112 Å². The molecule has 13 N–H and O–H groups in total. The Bertz CT molecular complexity index is 2660. The van der Waals surface area contributed by atoms with Gasteiger partial charge in [-0.3, -0.25) is 43.2 Å². The average molecular weight is 1190 g/mol. The zero-order valence-electron chi connectivity index (χ0n) is 46.6. The Morgan fingerprint density at radius 3 is 1.84 bits per heavy atom. The summed E-state index contributed by atoms with van der Waals surface area (Å²) < 4.78 is 48.4. The number of allylic oxidation sites excluding steroid dienone is 1. The lowest BCUT2D eigenvalue weighted by molar-refractivity contribution is -0.142. The number of rotatable bonds is 44. The van der Waals surface area contributed by atoms with E-state index in [4.69, 9.17) is 30.4 Å². The maximum absolute atomic E-state index is 12.7. The number of anilines is 1. The van der Waals surface area contributed by atoms with Crippen LogP contribution in [0.2, 0.25) is 0 Å². The summed E-state index contributed by atoms with van der Waals surface area (Å²) in [4.78, 5) is 134. The van der Waals surface area contributed by atoms with Crippen molar-refractivity contribution in [3.63, 3.8) is 0 Å². The van der Waals surface area contributed by atoms with E-state index in [1.54, 1.807) is 30.3 Å². The fourth-order valence-corrected chi connectivity index (χ4v) is 9.22. The van der Waals surface area contributed by atoms with Crippen LogP contribution in [0.3, 0.4) is 0 Å². The van der Waals surface area contributed by atoms with Crippen molar-refractivity contribution in [1.82, 2.24) is 57.2 Å². The molecule has 0 fully saturated rings. The quantitative estimate of drug-likeness (QED) is 0.0189. The summed E-state index contributed by atoms with van der Waals surface area (Å²) in [6.45, 7) is 5.19. The Labute approximate surface area is 478 Å². The number of nitrogens with one attached hydrogen (secondary N) is 8. The van der Waals surface area contributed by atoms with Gasteiger partial charge in [-0.1, -0.05) is 32.1 Å². The van der Waals surface area contributed by atoms with Crippen LogP contribution in [0, 0.1) is 15.7 Å². The van der Waals surface area contributed by atoms with Crippen LogP contribution in [0.1, 0.15) is 101 Å². The average Bonchev–Trinajstić information content (AvgIpc) is 1.93. The Hall–Kier alpha value is -7.88. The minimum Gasteiger partial charge on any atom is -0.480 e. The van der Waals surface area contributed by atoms with Crippen molar-refractivity contribution in [3.05, 3.63) is 52.2 Å². The van der Waals surface area contributed by atoms with Crippen molar-refractivity contribution >= 4 is 74.8 Å². The van der Waals surface area contributed by atoms with Gasteiger partial charge in [-0.25, -0.2) is 17.9 Å². The first kappa shape index (κ1) is 69.4. The second kappa shape index (κ2) is 35.9. The Morgan fingerprint density at radius 2 is 1.27 bits per heavy atom. The first-order valence-electron chi connectivity index (χ1n) is 26.6. The standard InChI is InChI=1S/C50H76N14O18S/c1-49(2,28-38-59-63-64-60-38)31-50(3)27-34(50)46(72)62-83(77,78)26-6-8-39(65)53-18-20-79-23-25-82-30-43(69)57-36(47(73)61-76)13-16-41(67)58-37(48(74)75)14-15-40(66)54-19-21-80-22-24-81-29-42(68)56-35(44(52)70)7-4-5-17-55-45(71)32-9-11-33(51)12-10-32/h9-12,27,35-37H,4-8,13-26,28-31,51H2,1-3H3,(H2,52,70)(H,53,65)(H,54,66)(H,55,71)(H,56,68)(H,57,69)(H,58,67)(H,62,72)(H,74,75)(H,59,60,63,64)/t35-,36?,37?,50?/m0/s1. The van der Waals surface area contributed by atoms with Crippen molar-refractivity contribution in [3.8, 4) is 0 Å². The second-order valence-corrected chi connectivity index (χ2v) is 22.0. The molecule has 0 saturated carbocycles. The highest BCUT2D eigenvalue weighted by molar-refractivity contribution is 7.90. The van der Waals surface area contributed by atoms with Crippen LogP contribution >= 0.6 is 0 Å². The molecule has 9 amide bonds. The summed E-state index contributed by atoms with van der Waals surface area (Å²) in [5, 5.41) is 40.6. The number of sulfonamides is 1. The molecule has 32 nitrogen and oxygen atoms in total. The van der Waals surface area contributed by atoms with Crippen molar-refractivity contribution in [2.75, 3.05) is 84.0 Å². The van der Waals surface area contributed by atoms with Crippen molar-refractivity contribution in [1.29, 1.82) is 0 Å². The molecule has 33 heteroatoms. The van der Waals surface area contributed by atoms with Gasteiger partial charge in [0.15, 0.2) is 5.82 Å². The van der Waals surface area contributed by atoms with E-state index >= 15 is 0 Å². The molecule has 1 heterocycles. The summed E-state index contributed by atoms with van der Waals surface area (Å²) in [6, 6.07) is 2.41. The van der Waals surface area contributed by atoms with E-state index in [2.05, 4.69) is 62.4 Å². The molecule has 0 aliphatic heterocycles. The number of hydrogen-bond acceptors (Lipinski definition) is 21. The number of unbranched alkanes of at least 4 members (excludes halogenated alkanes) is 1. The first-order chi connectivity index (χ1) is 39.3. The third-order valence-electron chi connectivity index (χ3n) is 12.3. The third-order valence-corrected chi connectivity index (χ3v) is 13.6. The number of amides is 9. The minimum absolute atomic E-state index is 0.0101. The molecule has 3 rings (SSSR count). The maximum Gasteiger partial charge on any atom is 0.326 e. The van der Waals surface area contributed by atoms with Gasteiger partial charge in [-0.2, -0.15) is 5.21 Å². The predicted octanol–water partition coefficient (Wildman–Crippen LogP) is -2.31. The van der Waals surface area contributed by atoms with Gasteiger partial charge in [0.1, 0.15) is 31.3 Å². The SMILES string of the molecule is CC(C)(Cc1nn[nH]n1)CC1(C)C=C1C(=O)NS(=O)(=O)CCCC(=O)NCCOCCOCC(=O)NC(CCC(=O)NC(CCC(=O)NCCOCCOCC(=O)N[C@@H](CCCCNC(=O)c1ccc(N)cc1)C(N)=O)C(=O)O)C(=O)N=O. The number of carboxylic acids is 1. The van der Waals surface area contributed by atoms with Crippen molar-refractivity contribution in [2.45, 2.75) is 110 Å². The van der Waals surface area contributed by atoms with Gasteiger partial charge in [0, 0.05) is 72.7 Å². The zero-order chi connectivity index (χ0) is 61.4. The van der Waals surface area contributed by atoms with Crippen LogP contribution in [-0.4, -0.2) is 190 Å². The minimum atomic E-state index is -4.02. The topological polar surface area (TPSA) is 482 Å². The third kappa shape index (κ3) is 29.1. The molecule has 0 spiro atoms. The number of carbonyl (C=O) groups is 10. The normalized spacial score (nSPS) is 14.8. The number of tetrazole rings is 1. The number of aliphatic carboxylic acids is 1. The Morgan fingerprint density at radius 1 is 0.699 bits per heavy atom. The number of primary amides is 1. The summed E-state index contributed by atoms with van der Waals surface area (Å²) in [5.41, 5.74) is 11.5. The van der Waals surface area contributed by atoms with E-state index in [1.165, 1.54) is 0 Å². The molecule has 4 atom stereocenters. The molecule has 0 bridgehead atoms. The summed E-state index contributed by atoms with van der Waals surface area (Å²) in [5.74, 6) is -7.76. The molecule has 3 unspecified atom stereocenters. The van der Waals surface area contributed by atoms with E-state index in [9.17, 15) is 66.4 Å². The van der Waals surface area contributed by atoms with Crippen LogP contribution in [0.4, 0.5) is 5.69 Å². The molecule has 83 heavy (non-hydrogen) atoms. The number of nitrogens with two attached hydrogens (primary N) is 2. The molecule has 0 saturated heterocycles. The summed E-state index contributed by atoms with van der Waals surface area (Å²) >= 11 is 0. The summed E-state index contributed by atoms with van der Waals surface area (Å²) in [7, 11) is -4.02. The molecule has 0 radical (unpaired) electrons. The van der Waals surface area contributed by atoms with E-state index in [1.807, 2.05) is 20.8 Å². The number of carboxylic acid groups (broad SMARTS) is 1. The second-order valence-electron chi connectivity index (χ2n) is 20.2. The Balaban J connectivity index is 1.18. The number of nitrogens with zero attached hydrogens (tertiary/aromatic N) is 4. The van der Waals surface area contributed by atoms with Crippen molar-refractivity contribution < 1.29 is 80.4 Å². The number of carbonyl (C=O) groups excluding carboxylic acids is 9. The molecule has 1 aromatic carbocycles. The molecule has 1 aliphatic rings. The molecule has 1 aliphatic carbocycles. The lowest BCUT2D eigenvalue weighted by atomic mass is 9.77. The van der Waals surface area contributed by atoms with Gasteiger partial charge < -0.3 is 67.4 Å². The lowest BCUT2D eigenvalue weighted by Gasteiger charge is -2.27. The van der Waals surface area contributed by atoms with Crippen LogP contribution in [0.25, 0.3) is 0 Å². The van der Waals surface area contributed by atoms with Gasteiger partial charge in [0.2, 0.25) is 45.5 Å². The molecule has 2 aromatic rings. The first-order valence-corrected chi connectivity index (χ1v) is 28.2. The van der Waals surface area contributed by atoms with Gasteiger partial charge in [-0.05, 0) is 74.6 Å². The highest BCUT2D eigenvalue weighted by atomic mass is 32.2. The van der Waals surface area contributed by atoms with Gasteiger partial charge in [0.25, 0.3) is 11.8 Å². The number of nitroso groups, excluding NO2 is 1. The monoisotopic (exact) mass is 1190 g/mol. The number of aromatic nitrogens is 4.